The molecule has 8 heteroatoms. The van der Waals surface area contributed by atoms with E-state index < -0.39 is 0 Å². The fourth-order valence-corrected chi connectivity index (χ4v) is 3.34. The Morgan fingerprint density at radius 3 is 2.83 bits per heavy atom. The lowest BCUT2D eigenvalue weighted by atomic mass is 10.3. The quantitative estimate of drug-likeness (QED) is 0.772. The van der Waals surface area contributed by atoms with E-state index in [0.29, 0.717) is 24.5 Å². The molecule has 0 unspecified atom stereocenters. The highest BCUT2D eigenvalue weighted by Crippen LogP contribution is 2.30. The van der Waals surface area contributed by atoms with Crippen molar-refractivity contribution in [2.45, 2.75) is 0 Å². The molecular formula is C15H14ClN5OS. The van der Waals surface area contributed by atoms with Crippen molar-refractivity contribution in [3.63, 3.8) is 0 Å². The molecule has 118 valence electrons. The van der Waals surface area contributed by atoms with Crippen LogP contribution in [0.1, 0.15) is 0 Å². The van der Waals surface area contributed by atoms with E-state index in [1.54, 1.807) is 39.6 Å². The van der Waals surface area contributed by atoms with Crippen molar-refractivity contribution >= 4 is 57.1 Å². The number of fused-ring (bicyclic) bond motifs is 1. The van der Waals surface area contributed by atoms with Gasteiger partial charge in [-0.1, -0.05) is 0 Å². The molecule has 1 aliphatic heterocycles. The number of nitrogens with zero attached hydrogens (tertiary/aromatic N) is 4. The molecule has 1 aliphatic rings. The van der Waals surface area contributed by atoms with Gasteiger partial charge < -0.3 is 5.73 Å². The van der Waals surface area contributed by atoms with E-state index >= 15 is 0 Å². The molecule has 3 heterocycles. The lowest BCUT2D eigenvalue weighted by Gasteiger charge is -2.19. The number of pyridine rings is 1. The molecule has 6 nitrogen and oxygen atoms in total. The molecule has 2 N–H and O–H groups in total. The molecule has 1 saturated heterocycles. The van der Waals surface area contributed by atoms with Crippen LogP contribution in [0.5, 0.6) is 0 Å². The van der Waals surface area contributed by atoms with Crippen LogP contribution in [-0.4, -0.2) is 29.1 Å². The Morgan fingerprint density at radius 1 is 1.17 bits per heavy atom. The number of carbonyl (C=O) groups excluding carboxylic acids is 1. The Morgan fingerprint density at radius 2 is 2.00 bits per heavy atom. The number of hydrogen-bond acceptors (Lipinski definition) is 5. The zero-order valence-electron chi connectivity index (χ0n) is 12.0. The normalized spacial score (nSPS) is 14.3. The van der Waals surface area contributed by atoms with E-state index in [1.807, 2.05) is 23.7 Å². The van der Waals surface area contributed by atoms with Gasteiger partial charge in [0.2, 0.25) is 0 Å². The third-order valence-electron chi connectivity index (χ3n) is 3.76. The number of halogens is 1. The largest absolute Gasteiger partial charge is 0.397 e. The first kappa shape index (κ1) is 15.5. The monoisotopic (exact) mass is 347 g/mol. The lowest BCUT2D eigenvalue weighted by Crippen LogP contribution is -2.32. The van der Waals surface area contributed by atoms with Gasteiger partial charge in [-0.25, -0.2) is 9.78 Å². The van der Waals surface area contributed by atoms with Crippen LogP contribution < -0.4 is 15.5 Å². The number of nitrogens with two attached hydrogens (primary N) is 1. The van der Waals surface area contributed by atoms with Crippen molar-refractivity contribution in [2.75, 3.05) is 28.6 Å². The molecule has 2 aromatic heterocycles. The third-order valence-corrected chi connectivity index (χ3v) is 4.55. The topological polar surface area (TPSA) is 75.3 Å². The molecule has 23 heavy (non-hydrogen) atoms. The first-order valence-corrected chi connectivity index (χ1v) is 7.74. The van der Waals surface area contributed by atoms with Gasteiger partial charge in [0.1, 0.15) is 0 Å². The van der Waals surface area contributed by atoms with Crippen LogP contribution in [0, 0.1) is 0 Å². The van der Waals surface area contributed by atoms with E-state index in [2.05, 4.69) is 9.97 Å². The highest BCUT2D eigenvalue weighted by molar-refractivity contribution is 7.16. The SMILES string of the molecule is Cl.Nc1ccncc1N1CCN(c2ccc3ncsc3c2)C1=O. The van der Waals surface area contributed by atoms with Gasteiger partial charge >= 0.3 is 6.03 Å². The minimum atomic E-state index is -0.0800. The fourth-order valence-electron chi connectivity index (χ4n) is 2.63. The molecule has 3 aromatic rings. The highest BCUT2D eigenvalue weighted by Gasteiger charge is 2.31. The van der Waals surface area contributed by atoms with Gasteiger partial charge in [0.25, 0.3) is 0 Å². The maximum atomic E-state index is 12.7. The number of rotatable bonds is 2. The summed E-state index contributed by atoms with van der Waals surface area (Å²) in [6, 6.07) is 7.49. The summed E-state index contributed by atoms with van der Waals surface area (Å²) < 4.78 is 1.07. The average Bonchev–Trinajstić information content (AvgIpc) is 3.13. The van der Waals surface area contributed by atoms with E-state index in [4.69, 9.17) is 5.73 Å². The Bertz CT molecular complexity index is 868. The maximum Gasteiger partial charge on any atom is 0.329 e. The van der Waals surface area contributed by atoms with Crippen molar-refractivity contribution in [2.24, 2.45) is 0 Å². The number of hydrogen-bond donors (Lipinski definition) is 1. The minimum Gasteiger partial charge on any atom is -0.397 e. The number of carbonyl (C=O) groups is 1. The zero-order chi connectivity index (χ0) is 15.1. The summed E-state index contributed by atoms with van der Waals surface area (Å²) in [5, 5.41) is 0. The molecule has 0 saturated carbocycles. The van der Waals surface area contributed by atoms with E-state index in [9.17, 15) is 4.79 Å². The second-order valence-electron chi connectivity index (χ2n) is 5.02. The van der Waals surface area contributed by atoms with Gasteiger partial charge in [-0.15, -0.1) is 23.7 Å². The molecule has 1 aromatic carbocycles. The Balaban J connectivity index is 0.00000156. The van der Waals surface area contributed by atoms with Crippen molar-refractivity contribution in [1.29, 1.82) is 0 Å². The van der Waals surface area contributed by atoms with Crippen molar-refractivity contribution < 1.29 is 4.79 Å². The molecule has 0 atom stereocenters. The van der Waals surface area contributed by atoms with Crippen LogP contribution in [0.3, 0.4) is 0 Å². The number of urea groups is 1. The number of nitrogen functional groups attached to an aromatic ring is 1. The summed E-state index contributed by atoms with van der Waals surface area (Å²) in [5.41, 5.74) is 10.8. The fraction of sp³-hybridized carbons (Fsp3) is 0.133. The van der Waals surface area contributed by atoms with E-state index in [-0.39, 0.29) is 18.4 Å². The average molecular weight is 348 g/mol. The molecule has 0 spiro atoms. The van der Waals surface area contributed by atoms with Gasteiger partial charge in [0, 0.05) is 25.0 Å². The van der Waals surface area contributed by atoms with E-state index in [0.717, 1.165) is 15.9 Å². The zero-order valence-corrected chi connectivity index (χ0v) is 13.7. The molecule has 0 bridgehead atoms. The van der Waals surface area contributed by atoms with Gasteiger partial charge in [0.05, 0.1) is 33.3 Å². The summed E-state index contributed by atoms with van der Waals surface area (Å²) in [6.45, 7) is 1.22. The van der Waals surface area contributed by atoms with Crippen molar-refractivity contribution in [3.8, 4) is 0 Å². The van der Waals surface area contributed by atoms with Gasteiger partial charge in [0.15, 0.2) is 0 Å². The summed E-state index contributed by atoms with van der Waals surface area (Å²) in [4.78, 5) is 24.4. The van der Waals surface area contributed by atoms with Crippen LogP contribution in [-0.2, 0) is 0 Å². The molecule has 2 amide bonds. The van der Waals surface area contributed by atoms with Crippen molar-refractivity contribution in [3.05, 3.63) is 42.2 Å². The van der Waals surface area contributed by atoms with Crippen LogP contribution in [0.15, 0.2) is 42.2 Å². The second kappa shape index (κ2) is 6.02. The smallest absolute Gasteiger partial charge is 0.329 e. The Kier molecular flexibility index (Phi) is 4.06. The summed E-state index contributed by atoms with van der Waals surface area (Å²) in [7, 11) is 0. The van der Waals surface area contributed by atoms with Gasteiger partial charge in [-0.2, -0.15) is 0 Å². The molecule has 0 aliphatic carbocycles. The third kappa shape index (κ3) is 2.58. The molecular weight excluding hydrogens is 334 g/mol. The van der Waals surface area contributed by atoms with E-state index in [1.165, 1.54) is 0 Å². The molecule has 1 fully saturated rings. The van der Waals surface area contributed by atoms with Crippen molar-refractivity contribution in [1.82, 2.24) is 9.97 Å². The number of aromatic nitrogens is 2. The van der Waals surface area contributed by atoms with Crippen LogP contribution in [0.4, 0.5) is 21.9 Å². The lowest BCUT2D eigenvalue weighted by molar-refractivity contribution is 0.256. The first-order chi connectivity index (χ1) is 10.7. The number of benzene rings is 1. The summed E-state index contributed by atoms with van der Waals surface area (Å²) in [6.07, 6.45) is 3.25. The van der Waals surface area contributed by atoms with Crippen LogP contribution in [0.25, 0.3) is 10.2 Å². The van der Waals surface area contributed by atoms with Crippen LogP contribution in [0.2, 0.25) is 0 Å². The Labute approximate surface area is 143 Å². The highest BCUT2D eigenvalue weighted by atomic mass is 35.5. The van der Waals surface area contributed by atoms with Gasteiger partial charge in [-0.3, -0.25) is 14.8 Å². The standard InChI is InChI=1S/C15H13N5OS.ClH/c16-11-3-4-17-8-13(11)20-6-5-19(15(20)21)10-1-2-12-14(7-10)22-9-18-12;/h1-4,7-9H,5-6H2,(H2,16,17);1H. The Hall–Kier alpha value is -2.38. The molecule has 0 radical (unpaired) electrons. The maximum absolute atomic E-state index is 12.7. The molecule has 4 rings (SSSR count). The summed E-state index contributed by atoms with van der Waals surface area (Å²) in [5.74, 6) is 0. The first-order valence-electron chi connectivity index (χ1n) is 6.86. The predicted molar refractivity (Wildman–Crippen MR) is 95.6 cm³/mol. The number of thiazole rings is 1. The number of amides is 2. The summed E-state index contributed by atoms with van der Waals surface area (Å²) >= 11 is 1.57. The van der Waals surface area contributed by atoms with Crippen LogP contribution >= 0.6 is 23.7 Å². The predicted octanol–water partition coefficient (Wildman–Crippen LogP) is 3.14. The second-order valence-corrected chi connectivity index (χ2v) is 5.91. The van der Waals surface area contributed by atoms with Gasteiger partial charge in [-0.05, 0) is 24.3 Å². The number of anilines is 3. The minimum absolute atomic E-state index is 0.